The van der Waals surface area contributed by atoms with Gasteiger partial charge in [0.2, 0.25) is 0 Å². The number of halogens is 1. The minimum Gasteiger partial charge on any atom is -0.478 e. The van der Waals surface area contributed by atoms with Crippen molar-refractivity contribution in [3.63, 3.8) is 0 Å². The van der Waals surface area contributed by atoms with E-state index in [0.717, 1.165) is 24.7 Å². The zero-order chi connectivity index (χ0) is 18.8. The van der Waals surface area contributed by atoms with Crippen LogP contribution < -0.4 is 5.32 Å². The molecule has 138 valence electrons. The van der Waals surface area contributed by atoms with E-state index in [-0.39, 0.29) is 0 Å². The number of nitrogens with zero attached hydrogens (tertiary/aromatic N) is 1. The Kier molecular flexibility index (Phi) is 9.20. The Morgan fingerprint density at radius 3 is 2.20 bits per heavy atom. The van der Waals surface area contributed by atoms with E-state index in [1.807, 2.05) is 12.1 Å². The maximum atomic E-state index is 9.55. The number of nitrogens with one attached hydrogen (secondary N) is 1. The van der Waals surface area contributed by atoms with Gasteiger partial charge in [0, 0.05) is 42.3 Å². The van der Waals surface area contributed by atoms with Gasteiger partial charge < -0.3 is 15.5 Å². The van der Waals surface area contributed by atoms with Crippen molar-refractivity contribution in [2.75, 3.05) is 13.1 Å². The van der Waals surface area contributed by atoms with Gasteiger partial charge in [0.25, 0.3) is 0 Å². The summed E-state index contributed by atoms with van der Waals surface area (Å²) in [7, 11) is 0. The van der Waals surface area contributed by atoms with Crippen LogP contribution in [0.1, 0.15) is 25.8 Å². The highest BCUT2D eigenvalue weighted by atomic mass is 35.5. The predicted octanol–water partition coefficient (Wildman–Crippen LogP) is 2.62. The molecule has 0 unspecified atom stereocenters. The molecule has 7 heteroatoms. The molecule has 0 saturated carbocycles. The normalized spacial score (nSPS) is 16.9. The number of carbonyl (C=O) groups is 2. The summed E-state index contributed by atoms with van der Waals surface area (Å²) < 4.78 is 0. The molecular weight excluding hydrogens is 344 g/mol. The molecule has 0 spiro atoms. The van der Waals surface area contributed by atoms with Crippen LogP contribution in [0.25, 0.3) is 0 Å². The molecule has 0 amide bonds. The lowest BCUT2D eigenvalue weighted by Gasteiger charge is -2.32. The van der Waals surface area contributed by atoms with Crippen LogP contribution in [0.4, 0.5) is 0 Å². The van der Waals surface area contributed by atoms with Crippen molar-refractivity contribution in [2.24, 2.45) is 0 Å². The van der Waals surface area contributed by atoms with Gasteiger partial charge in [-0.25, -0.2) is 9.59 Å². The van der Waals surface area contributed by atoms with Gasteiger partial charge in [-0.2, -0.15) is 0 Å². The van der Waals surface area contributed by atoms with E-state index in [1.54, 1.807) is 0 Å². The van der Waals surface area contributed by atoms with Crippen LogP contribution in [0, 0.1) is 0 Å². The first kappa shape index (κ1) is 21.2. The first-order chi connectivity index (χ1) is 11.8. The van der Waals surface area contributed by atoms with Gasteiger partial charge in [0.05, 0.1) is 0 Å². The van der Waals surface area contributed by atoms with Crippen LogP contribution >= 0.6 is 11.6 Å². The van der Waals surface area contributed by atoms with Crippen molar-refractivity contribution >= 4 is 23.5 Å². The lowest BCUT2D eigenvalue weighted by atomic mass is 10.1. The van der Waals surface area contributed by atoms with E-state index in [1.165, 1.54) is 12.0 Å². The van der Waals surface area contributed by atoms with Gasteiger partial charge in [0.15, 0.2) is 0 Å². The third kappa shape index (κ3) is 8.67. The van der Waals surface area contributed by atoms with Gasteiger partial charge in [-0.15, -0.1) is 0 Å². The molecule has 0 aliphatic carbocycles. The summed E-state index contributed by atoms with van der Waals surface area (Å²) >= 11 is 5.91. The third-order valence-electron chi connectivity index (χ3n) is 3.81. The number of carboxylic acids is 2. The summed E-state index contributed by atoms with van der Waals surface area (Å²) in [5.41, 5.74) is 1.34. The highest BCUT2D eigenvalue weighted by Gasteiger charge is 2.24. The largest absolute Gasteiger partial charge is 0.478 e. The number of benzene rings is 1. The summed E-state index contributed by atoms with van der Waals surface area (Å²) in [6.45, 7) is 7.82. The van der Waals surface area contributed by atoms with Crippen molar-refractivity contribution in [1.29, 1.82) is 0 Å². The zero-order valence-corrected chi connectivity index (χ0v) is 15.2. The fourth-order valence-corrected chi connectivity index (χ4v) is 2.72. The van der Waals surface area contributed by atoms with Crippen molar-refractivity contribution in [2.45, 2.75) is 38.9 Å². The van der Waals surface area contributed by atoms with Crippen molar-refractivity contribution in [3.8, 4) is 0 Å². The molecule has 1 aromatic carbocycles. The van der Waals surface area contributed by atoms with Gasteiger partial charge in [-0.1, -0.05) is 23.7 Å². The second kappa shape index (κ2) is 10.9. The molecular formula is C18H25ClN2O4. The van der Waals surface area contributed by atoms with Crippen molar-refractivity contribution in [1.82, 2.24) is 10.2 Å². The maximum absolute atomic E-state index is 9.55. The Morgan fingerprint density at radius 2 is 1.80 bits per heavy atom. The average molecular weight is 369 g/mol. The maximum Gasteiger partial charge on any atom is 0.328 e. The molecule has 1 fully saturated rings. The Balaban J connectivity index is 0.000000333. The Hall–Kier alpha value is -1.89. The highest BCUT2D eigenvalue weighted by Crippen LogP contribution is 2.18. The molecule has 1 aromatic rings. The van der Waals surface area contributed by atoms with Gasteiger partial charge >= 0.3 is 11.9 Å². The number of hydrogen-bond acceptors (Lipinski definition) is 4. The predicted molar refractivity (Wildman–Crippen MR) is 97.8 cm³/mol. The van der Waals surface area contributed by atoms with Crippen LogP contribution in [0.2, 0.25) is 5.02 Å². The van der Waals surface area contributed by atoms with Crippen molar-refractivity contribution < 1.29 is 19.8 Å². The van der Waals surface area contributed by atoms with E-state index in [4.69, 9.17) is 21.8 Å². The Labute approximate surface area is 153 Å². The second-order valence-corrected chi connectivity index (χ2v) is 6.49. The molecule has 0 bridgehead atoms. The minimum absolute atomic E-state index is 0.558. The smallest absolute Gasteiger partial charge is 0.328 e. The molecule has 1 atom stereocenters. The van der Waals surface area contributed by atoms with E-state index < -0.39 is 11.9 Å². The molecule has 0 aromatic heterocycles. The Morgan fingerprint density at radius 1 is 1.24 bits per heavy atom. The number of aliphatic carboxylic acids is 2. The van der Waals surface area contributed by atoms with Crippen LogP contribution in [0.15, 0.2) is 36.4 Å². The summed E-state index contributed by atoms with van der Waals surface area (Å²) in [5.74, 6) is -2.51. The quantitative estimate of drug-likeness (QED) is 0.669. The molecule has 6 nitrogen and oxygen atoms in total. The lowest BCUT2D eigenvalue weighted by molar-refractivity contribution is -0.134. The number of hydrogen-bond donors (Lipinski definition) is 3. The molecule has 1 saturated heterocycles. The molecule has 25 heavy (non-hydrogen) atoms. The number of carboxylic acid groups (broad SMARTS) is 2. The summed E-state index contributed by atoms with van der Waals surface area (Å²) in [6, 6.07) is 9.45. The van der Waals surface area contributed by atoms with E-state index >= 15 is 0 Å². The summed E-state index contributed by atoms with van der Waals surface area (Å²) in [6.07, 6.45) is 2.37. The van der Waals surface area contributed by atoms with Gasteiger partial charge in [0.1, 0.15) is 0 Å². The van der Waals surface area contributed by atoms with E-state index in [0.29, 0.717) is 24.2 Å². The van der Waals surface area contributed by atoms with Crippen LogP contribution in [-0.4, -0.2) is 52.2 Å². The molecule has 0 radical (unpaired) electrons. The highest BCUT2D eigenvalue weighted by molar-refractivity contribution is 6.30. The standard InChI is InChI=1S/C14H21ClN2.C4H4O4/c1-11(2)17(14-7-8-16-9-14)10-12-3-5-13(15)6-4-12;5-3(6)1-2-4(7)8/h3-6,11,14,16H,7-10H2,1-2H3;1-2H,(H,5,6)(H,7,8)/t14-;/m0./s1. The second-order valence-electron chi connectivity index (χ2n) is 6.05. The molecule has 1 aliphatic rings. The topological polar surface area (TPSA) is 89.9 Å². The van der Waals surface area contributed by atoms with Crippen LogP contribution in [0.3, 0.4) is 0 Å². The van der Waals surface area contributed by atoms with Gasteiger partial charge in [-0.3, -0.25) is 4.90 Å². The van der Waals surface area contributed by atoms with Crippen LogP contribution in [0.5, 0.6) is 0 Å². The Bertz CT molecular complexity index is 565. The monoisotopic (exact) mass is 368 g/mol. The van der Waals surface area contributed by atoms with Gasteiger partial charge in [-0.05, 0) is 44.5 Å². The molecule has 1 aliphatic heterocycles. The SMILES string of the molecule is CC(C)N(Cc1ccc(Cl)cc1)[C@H]1CCNC1.O=C(O)C=CC(=O)O. The van der Waals surface area contributed by atoms with Crippen LogP contribution in [-0.2, 0) is 16.1 Å². The van der Waals surface area contributed by atoms with Crippen molar-refractivity contribution in [3.05, 3.63) is 47.0 Å². The molecule has 1 heterocycles. The first-order valence-corrected chi connectivity index (χ1v) is 8.52. The first-order valence-electron chi connectivity index (χ1n) is 8.14. The van der Waals surface area contributed by atoms with E-state index in [9.17, 15) is 9.59 Å². The zero-order valence-electron chi connectivity index (χ0n) is 14.5. The molecule has 2 rings (SSSR count). The average Bonchev–Trinajstić information content (AvgIpc) is 3.06. The fourth-order valence-electron chi connectivity index (χ4n) is 2.60. The summed E-state index contributed by atoms with van der Waals surface area (Å²) in [5, 5.41) is 19.9. The summed E-state index contributed by atoms with van der Waals surface area (Å²) in [4.78, 5) is 21.7. The third-order valence-corrected chi connectivity index (χ3v) is 4.07. The minimum atomic E-state index is -1.26. The van der Waals surface area contributed by atoms with E-state index in [2.05, 4.69) is 36.2 Å². The molecule has 3 N–H and O–H groups in total. The lowest BCUT2D eigenvalue weighted by Crippen LogP contribution is -2.41. The number of rotatable bonds is 6. The fraction of sp³-hybridized carbons (Fsp3) is 0.444.